The molecule has 9 nitrogen and oxygen atoms in total. The number of rotatable bonds is 6. The van der Waals surface area contributed by atoms with E-state index in [1.165, 1.54) is 17.8 Å². The first kappa shape index (κ1) is 19.5. The van der Waals surface area contributed by atoms with Crippen LogP contribution in [0.2, 0.25) is 0 Å². The van der Waals surface area contributed by atoms with Gasteiger partial charge in [-0.15, -0.1) is 22.0 Å². The number of hydrogen-bond acceptors (Lipinski definition) is 9. The lowest BCUT2D eigenvalue weighted by Gasteiger charge is -2.10. The number of H-pyrrole nitrogens is 1. The van der Waals surface area contributed by atoms with Crippen molar-refractivity contribution in [3.05, 3.63) is 54.1 Å². The fourth-order valence-electron chi connectivity index (χ4n) is 2.83. The van der Waals surface area contributed by atoms with Crippen molar-refractivity contribution in [3.63, 3.8) is 0 Å². The minimum Gasteiger partial charge on any atom is -0.438 e. The summed E-state index contributed by atoms with van der Waals surface area (Å²) >= 11 is 1.53. The number of nitrogens with zero attached hydrogens (tertiary/aromatic N) is 4. The maximum Gasteiger partial charge on any atom is 0.226 e. The van der Waals surface area contributed by atoms with Crippen LogP contribution in [-0.2, 0) is 0 Å². The van der Waals surface area contributed by atoms with E-state index in [2.05, 4.69) is 30.5 Å². The first-order valence-corrected chi connectivity index (χ1v) is 10.3. The van der Waals surface area contributed by atoms with E-state index in [0.29, 0.717) is 17.5 Å². The molecule has 0 aliphatic carbocycles. The molecule has 0 atom stereocenters. The number of nitrogen functional groups attached to an aromatic ring is 2. The van der Waals surface area contributed by atoms with Gasteiger partial charge in [-0.05, 0) is 49.1 Å². The van der Waals surface area contributed by atoms with Crippen molar-refractivity contribution in [2.24, 2.45) is 0 Å². The molecule has 4 aromatic rings. The fourth-order valence-corrected chi connectivity index (χ4v) is 3.39. The van der Waals surface area contributed by atoms with Gasteiger partial charge in [0.15, 0.2) is 5.82 Å². The molecule has 0 unspecified atom stereocenters. The minimum atomic E-state index is 0.0580. The van der Waals surface area contributed by atoms with Gasteiger partial charge in [0.25, 0.3) is 0 Å². The molecule has 0 aliphatic rings. The number of nitrogens with one attached hydrogen (secondary N) is 2. The molecular formula is C20H20N8OS. The molecule has 4 rings (SSSR count). The van der Waals surface area contributed by atoms with Gasteiger partial charge in [0.1, 0.15) is 11.6 Å². The summed E-state index contributed by atoms with van der Waals surface area (Å²) in [5.74, 6) is 2.42. The molecule has 0 aliphatic heterocycles. The van der Waals surface area contributed by atoms with Gasteiger partial charge >= 0.3 is 0 Å². The van der Waals surface area contributed by atoms with Gasteiger partial charge in [-0.3, -0.25) is 0 Å². The average Bonchev–Trinajstić information content (AvgIpc) is 3.16. The number of aryl methyl sites for hydroxylation is 1. The van der Waals surface area contributed by atoms with E-state index >= 15 is 0 Å². The Balaban J connectivity index is 1.56. The number of anilines is 4. The van der Waals surface area contributed by atoms with Crippen LogP contribution in [0.1, 0.15) is 5.56 Å². The molecule has 0 fully saturated rings. The molecule has 0 saturated heterocycles. The second-order valence-corrected chi connectivity index (χ2v) is 7.32. The Morgan fingerprint density at radius 1 is 1.03 bits per heavy atom. The number of thioether (sulfide) groups is 1. The lowest BCUT2D eigenvalue weighted by Crippen LogP contribution is -2.01. The van der Waals surface area contributed by atoms with Gasteiger partial charge in [-0.1, -0.05) is 12.1 Å². The molecule has 0 radical (unpaired) electrons. The second kappa shape index (κ2) is 8.29. The molecule has 30 heavy (non-hydrogen) atoms. The average molecular weight is 421 g/mol. The van der Waals surface area contributed by atoms with Crippen LogP contribution in [0.3, 0.4) is 0 Å². The summed E-state index contributed by atoms with van der Waals surface area (Å²) in [6.07, 6.45) is 1.96. The van der Waals surface area contributed by atoms with Crippen LogP contribution in [0.5, 0.6) is 11.6 Å². The fraction of sp³-hybridized carbons (Fsp3) is 0.100. The van der Waals surface area contributed by atoms with Crippen LogP contribution >= 0.6 is 11.8 Å². The van der Waals surface area contributed by atoms with Crippen LogP contribution < -0.4 is 21.5 Å². The van der Waals surface area contributed by atoms with Crippen LogP contribution in [-0.4, -0.2) is 31.4 Å². The van der Waals surface area contributed by atoms with E-state index in [9.17, 15) is 0 Å². The lowest BCUT2D eigenvalue weighted by molar-refractivity contribution is 0.452. The van der Waals surface area contributed by atoms with E-state index in [4.69, 9.17) is 16.2 Å². The number of aromatic amines is 1. The Kier molecular flexibility index (Phi) is 5.40. The quantitative estimate of drug-likeness (QED) is 0.341. The molecule has 2 aromatic heterocycles. The summed E-state index contributed by atoms with van der Waals surface area (Å²) in [5, 5.41) is 11.6. The zero-order valence-electron chi connectivity index (χ0n) is 16.4. The van der Waals surface area contributed by atoms with Crippen molar-refractivity contribution in [3.8, 4) is 23.0 Å². The van der Waals surface area contributed by atoms with Crippen molar-refractivity contribution >= 4 is 35.2 Å². The molecule has 0 saturated carbocycles. The maximum absolute atomic E-state index is 5.86. The highest BCUT2D eigenvalue weighted by molar-refractivity contribution is 7.98. The van der Waals surface area contributed by atoms with Crippen LogP contribution in [0, 0.1) is 6.92 Å². The van der Waals surface area contributed by atoms with Crippen LogP contribution in [0.25, 0.3) is 11.4 Å². The van der Waals surface area contributed by atoms with Crippen molar-refractivity contribution in [1.82, 2.24) is 25.1 Å². The molecule has 152 valence electrons. The summed E-state index contributed by atoms with van der Waals surface area (Å²) in [6.45, 7) is 2.04. The molecule has 0 spiro atoms. The predicted octanol–water partition coefficient (Wildman–Crippen LogP) is 3.99. The Bertz CT molecular complexity index is 1170. The minimum absolute atomic E-state index is 0.0580. The topological polar surface area (TPSA) is 141 Å². The van der Waals surface area contributed by atoms with Crippen LogP contribution in [0.4, 0.5) is 23.4 Å². The summed E-state index contributed by atoms with van der Waals surface area (Å²) in [6, 6.07) is 15.2. The van der Waals surface area contributed by atoms with Gasteiger partial charge in [0.05, 0.1) is 4.90 Å². The maximum atomic E-state index is 5.86. The molecule has 2 aromatic carbocycles. The molecular weight excluding hydrogens is 400 g/mol. The number of benzene rings is 2. The lowest BCUT2D eigenvalue weighted by atomic mass is 10.2. The number of aromatic nitrogens is 5. The number of nitrogens with two attached hydrogens (primary N) is 2. The van der Waals surface area contributed by atoms with Crippen molar-refractivity contribution in [2.45, 2.75) is 11.8 Å². The zero-order chi connectivity index (χ0) is 21.1. The summed E-state index contributed by atoms with van der Waals surface area (Å²) in [4.78, 5) is 12.0. The Morgan fingerprint density at radius 3 is 2.67 bits per heavy atom. The summed E-state index contributed by atoms with van der Waals surface area (Å²) in [5.41, 5.74) is 14.3. The third-order valence-electron chi connectivity index (χ3n) is 4.16. The highest BCUT2D eigenvalue weighted by atomic mass is 32.2. The van der Waals surface area contributed by atoms with Gasteiger partial charge < -0.3 is 26.5 Å². The molecule has 2 heterocycles. The predicted molar refractivity (Wildman–Crippen MR) is 119 cm³/mol. The van der Waals surface area contributed by atoms with Gasteiger partial charge in [-0.2, -0.15) is 9.97 Å². The largest absolute Gasteiger partial charge is 0.438 e. The van der Waals surface area contributed by atoms with Gasteiger partial charge in [0, 0.05) is 17.3 Å². The monoisotopic (exact) mass is 420 g/mol. The third kappa shape index (κ3) is 4.44. The highest BCUT2D eigenvalue weighted by Gasteiger charge is 2.12. The number of hydrogen-bond donors (Lipinski definition) is 4. The molecule has 10 heteroatoms. The van der Waals surface area contributed by atoms with E-state index in [-0.39, 0.29) is 17.6 Å². The summed E-state index contributed by atoms with van der Waals surface area (Å²) in [7, 11) is 0. The van der Waals surface area contributed by atoms with Crippen molar-refractivity contribution in [2.75, 3.05) is 23.0 Å². The second-order valence-electron chi connectivity index (χ2n) is 6.47. The number of ether oxygens (including phenoxy) is 1. The highest BCUT2D eigenvalue weighted by Crippen LogP contribution is 2.34. The normalized spacial score (nSPS) is 10.7. The summed E-state index contributed by atoms with van der Waals surface area (Å²) < 4.78 is 5.86. The zero-order valence-corrected chi connectivity index (χ0v) is 17.2. The van der Waals surface area contributed by atoms with Crippen LogP contribution in [0.15, 0.2) is 53.4 Å². The molecule has 0 bridgehead atoms. The van der Waals surface area contributed by atoms with E-state index in [1.807, 2.05) is 55.6 Å². The van der Waals surface area contributed by atoms with E-state index < -0.39 is 0 Å². The standard InChI is InChI=1S/C20H20N8OS/c1-11-4-3-5-13(8-11)23-20-26-18(27-28-20)12-6-7-14(15(9-12)30-2)29-17-10-16(21)24-19(22)25-17/h3-10H,1-2H3,(H4,21,22,24,25)(H2,23,26,27,28). The Hall–Kier alpha value is -3.79. The van der Waals surface area contributed by atoms with Crippen molar-refractivity contribution in [1.29, 1.82) is 0 Å². The van der Waals surface area contributed by atoms with E-state index in [0.717, 1.165) is 21.7 Å². The third-order valence-corrected chi connectivity index (χ3v) is 4.92. The molecule has 0 amide bonds. The molecule has 6 N–H and O–H groups in total. The Labute approximate surface area is 177 Å². The first-order chi connectivity index (χ1) is 14.5. The Morgan fingerprint density at radius 2 is 1.90 bits per heavy atom. The van der Waals surface area contributed by atoms with Gasteiger partial charge in [0.2, 0.25) is 17.8 Å². The van der Waals surface area contributed by atoms with E-state index in [1.54, 1.807) is 0 Å². The SMILES string of the molecule is CSc1cc(-c2nnc(Nc3cccc(C)c3)[nH]2)ccc1Oc1cc(N)nc(N)n1. The van der Waals surface area contributed by atoms with Crippen molar-refractivity contribution < 1.29 is 4.74 Å². The van der Waals surface area contributed by atoms with Gasteiger partial charge in [-0.25, -0.2) is 0 Å². The smallest absolute Gasteiger partial charge is 0.226 e. The first-order valence-electron chi connectivity index (χ1n) is 9.03.